The third-order valence-corrected chi connectivity index (χ3v) is 10.7. The van der Waals surface area contributed by atoms with Gasteiger partial charge in [-0.25, -0.2) is 9.97 Å². The lowest BCUT2D eigenvalue weighted by Crippen LogP contribution is -2.40. The van der Waals surface area contributed by atoms with Gasteiger partial charge in [0.1, 0.15) is 16.9 Å². The minimum Gasteiger partial charge on any atom is -0.494 e. The van der Waals surface area contributed by atoms with Crippen LogP contribution < -0.4 is 10.5 Å². The number of aryl methyl sites for hydroxylation is 2. The molecule has 3 fully saturated rings. The Kier molecular flexibility index (Phi) is 6.66. The maximum atomic E-state index is 13.8. The normalized spacial score (nSPS) is 25.5. The number of amides is 2. The largest absolute Gasteiger partial charge is 0.494 e. The molecule has 0 saturated carbocycles. The van der Waals surface area contributed by atoms with Crippen LogP contribution in [0.25, 0.3) is 33.6 Å². The molecule has 2 amide bonds. The zero-order valence-corrected chi connectivity index (χ0v) is 25.7. The van der Waals surface area contributed by atoms with Crippen molar-refractivity contribution in [2.24, 2.45) is 12.8 Å². The van der Waals surface area contributed by atoms with E-state index >= 15 is 0 Å². The summed E-state index contributed by atoms with van der Waals surface area (Å²) in [5, 5.41) is 1.06. The first kappa shape index (κ1) is 27.6. The second kappa shape index (κ2) is 10.6. The first-order valence-electron chi connectivity index (χ1n) is 16.4. The molecule has 1 aromatic carbocycles. The molecule has 7 heterocycles. The van der Waals surface area contributed by atoms with Gasteiger partial charge in [-0.05, 0) is 75.3 Å². The van der Waals surface area contributed by atoms with Crippen molar-refractivity contribution in [3.8, 4) is 17.3 Å². The number of hydrogen-bond acceptors (Lipinski definition) is 6. The van der Waals surface area contributed by atoms with Crippen molar-refractivity contribution in [2.45, 2.75) is 94.9 Å². The van der Waals surface area contributed by atoms with Gasteiger partial charge in [0.25, 0.3) is 5.91 Å². The van der Waals surface area contributed by atoms with E-state index in [1.54, 1.807) is 7.11 Å². The molecule has 4 atom stereocenters. The van der Waals surface area contributed by atoms with Crippen LogP contribution >= 0.6 is 0 Å². The lowest BCUT2D eigenvalue weighted by molar-refractivity contribution is -0.132. The van der Waals surface area contributed by atoms with E-state index < -0.39 is 0 Å². The summed E-state index contributed by atoms with van der Waals surface area (Å²) in [5.41, 5.74) is 11.5. The molecule has 3 saturated heterocycles. The Morgan fingerprint density at radius 2 is 1.86 bits per heavy atom. The minimum atomic E-state index is 0.0143. The number of methoxy groups -OCH3 is 1. The predicted octanol–water partition coefficient (Wildman–Crippen LogP) is 4.93. The fraction of sp³-hybridized carbons (Fsp3) is 0.529. The molecule has 0 radical (unpaired) electrons. The van der Waals surface area contributed by atoms with Crippen molar-refractivity contribution >= 4 is 33.9 Å². The number of hydrogen-bond donors (Lipinski definition) is 1. The SMILES string of the molecule is COc1cc(C(=O)N2[C@H]3CC[C@@H]2[C@H](N)C3)cc2nc(-c3cc4ccc5nc4n3CCCCCCC(=O)N3CCC[C@H]53)n(C)c12. The van der Waals surface area contributed by atoms with E-state index in [2.05, 4.69) is 32.2 Å². The zero-order valence-electron chi connectivity index (χ0n) is 25.7. The van der Waals surface area contributed by atoms with Crippen LogP contribution in [0.4, 0.5) is 0 Å². The minimum absolute atomic E-state index is 0.0143. The molecule has 4 bridgehead atoms. The van der Waals surface area contributed by atoms with Crippen LogP contribution in [-0.4, -0.2) is 72.5 Å². The highest BCUT2D eigenvalue weighted by molar-refractivity contribution is 6.00. The fourth-order valence-corrected chi connectivity index (χ4v) is 8.47. The van der Waals surface area contributed by atoms with Crippen LogP contribution in [0.3, 0.4) is 0 Å². The first-order chi connectivity index (χ1) is 21.4. The fourth-order valence-electron chi connectivity index (χ4n) is 8.47. The second-order valence-electron chi connectivity index (χ2n) is 13.2. The Morgan fingerprint density at radius 1 is 1.00 bits per heavy atom. The summed E-state index contributed by atoms with van der Waals surface area (Å²) in [6, 6.07) is 10.6. The number of nitrogens with zero attached hydrogens (tertiary/aromatic N) is 6. The number of aromatic nitrogens is 4. The van der Waals surface area contributed by atoms with Crippen LogP contribution in [0.1, 0.15) is 86.3 Å². The van der Waals surface area contributed by atoms with E-state index in [0.29, 0.717) is 17.7 Å². The number of pyridine rings is 1. The zero-order chi connectivity index (χ0) is 30.1. The predicted molar refractivity (Wildman–Crippen MR) is 168 cm³/mol. The number of imidazole rings is 1. The third-order valence-electron chi connectivity index (χ3n) is 10.7. The van der Waals surface area contributed by atoms with Crippen molar-refractivity contribution in [1.29, 1.82) is 0 Å². The molecule has 10 nitrogen and oxygen atoms in total. The summed E-state index contributed by atoms with van der Waals surface area (Å²) >= 11 is 0. The highest BCUT2D eigenvalue weighted by Gasteiger charge is 2.47. The molecule has 0 unspecified atom stereocenters. The van der Waals surface area contributed by atoms with Gasteiger partial charge in [-0.1, -0.05) is 12.8 Å². The van der Waals surface area contributed by atoms with Crippen LogP contribution in [-0.2, 0) is 18.4 Å². The van der Waals surface area contributed by atoms with Crippen molar-refractivity contribution < 1.29 is 14.3 Å². The number of fused-ring (bicyclic) bond motifs is 6. The Labute approximate surface area is 257 Å². The molecule has 3 aromatic heterocycles. The molecule has 4 aromatic rings. The molecule has 230 valence electrons. The van der Waals surface area contributed by atoms with Gasteiger partial charge >= 0.3 is 0 Å². The molecular formula is C34H41N7O3. The average Bonchev–Trinajstić information content (AvgIpc) is 3.85. The van der Waals surface area contributed by atoms with Crippen LogP contribution in [0, 0.1) is 0 Å². The standard InChI is InChI=1S/C34H41N7O3/c1-38-31-25(16-21(18-29(31)44-2)34(43)41-22-11-13-26(41)23(35)19-22)37-33(38)28-17-20-10-12-24-27-8-7-15-39(27)30(42)9-5-3-4-6-14-40(28)32(20)36-24/h10,12,16-18,22-23,26-27H,3-9,11,13-15,19,35H2,1-2H3/t22-,23+,26+,27+/m0/s1. The van der Waals surface area contributed by atoms with Gasteiger partial charge in [-0.3, -0.25) is 9.59 Å². The van der Waals surface area contributed by atoms with Gasteiger partial charge < -0.3 is 29.4 Å². The summed E-state index contributed by atoms with van der Waals surface area (Å²) in [4.78, 5) is 41.3. The lowest BCUT2D eigenvalue weighted by Gasteiger charge is -2.24. The quantitative estimate of drug-likeness (QED) is 0.360. The summed E-state index contributed by atoms with van der Waals surface area (Å²) < 4.78 is 10.3. The first-order valence-corrected chi connectivity index (χ1v) is 16.4. The second-order valence-corrected chi connectivity index (χ2v) is 13.2. The molecule has 0 aliphatic carbocycles. The number of benzene rings is 1. The maximum absolute atomic E-state index is 13.8. The summed E-state index contributed by atoms with van der Waals surface area (Å²) in [6.45, 7) is 1.63. The third kappa shape index (κ3) is 4.24. The Bertz CT molecular complexity index is 1790. The Morgan fingerprint density at radius 3 is 2.66 bits per heavy atom. The number of nitrogens with two attached hydrogens (primary N) is 1. The lowest BCUT2D eigenvalue weighted by atomic mass is 9.97. The monoisotopic (exact) mass is 595 g/mol. The highest BCUT2D eigenvalue weighted by atomic mass is 16.5. The van der Waals surface area contributed by atoms with Gasteiger partial charge in [0.15, 0.2) is 5.82 Å². The van der Waals surface area contributed by atoms with E-state index in [9.17, 15) is 9.59 Å². The highest BCUT2D eigenvalue weighted by Crippen LogP contribution is 2.40. The van der Waals surface area contributed by atoms with Crippen LogP contribution in [0.15, 0.2) is 30.3 Å². The number of carbonyl (C=O) groups excluding carboxylic acids is 2. The molecular weight excluding hydrogens is 554 g/mol. The van der Waals surface area contributed by atoms with Gasteiger partial charge in [0, 0.05) is 55.6 Å². The number of ether oxygens (including phenoxy) is 1. The molecule has 4 aliphatic rings. The molecule has 8 rings (SSSR count). The van der Waals surface area contributed by atoms with Gasteiger partial charge in [0.05, 0.1) is 30.1 Å². The van der Waals surface area contributed by atoms with Gasteiger partial charge in [-0.2, -0.15) is 0 Å². The number of carbonyl (C=O) groups is 2. The van der Waals surface area contributed by atoms with E-state index in [1.807, 2.05) is 24.1 Å². The van der Waals surface area contributed by atoms with E-state index in [1.165, 1.54) is 0 Å². The molecule has 4 aliphatic heterocycles. The summed E-state index contributed by atoms with van der Waals surface area (Å²) in [6.07, 6.45) is 9.47. The number of rotatable bonds is 3. The topological polar surface area (TPSA) is 112 Å². The van der Waals surface area contributed by atoms with Gasteiger partial charge in [0.2, 0.25) is 5.91 Å². The van der Waals surface area contributed by atoms with Crippen LogP contribution in [0.2, 0.25) is 0 Å². The maximum Gasteiger partial charge on any atom is 0.254 e. The summed E-state index contributed by atoms with van der Waals surface area (Å²) in [7, 11) is 3.66. The Balaban J connectivity index is 1.23. The van der Waals surface area contributed by atoms with Crippen LogP contribution in [0.5, 0.6) is 5.75 Å². The van der Waals surface area contributed by atoms with E-state index in [0.717, 1.165) is 110 Å². The van der Waals surface area contributed by atoms with E-state index in [4.69, 9.17) is 20.4 Å². The average molecular weight is 596 g/mol. The summed E-state index contributed by atoms with van der Waals surface area (Å²) in [5.74, 6) is 1.72. The molecule has 0 spiro atoms. The van der Waals surface area contributed by atoms with Crippen molar-refractivity contribution in [3.05, 3.63) is 41.6 Å². The van der Waals surface area contributed by atoms with Crippen molar-refractivity contribution in [2.75, 3.05) is 13.7 Å². The molecule has 2 N–H and O–H groups in total. The van der Waals surface area contributed by atoms with E-state index in [-0.39, 0.29) is 36.0 Å². The van der Waals surface area contributed by atoms with Crippen molar-refractivity contribution in [1.82, 2.24) is 28.9 Å². The molecule has 10 heteroatoms. The smallest absolute Gasteiger partial charge is 0.254 e. The van der Waals surface area contributed by atoms with Gasteiger partial charge in [-0.15, -0.1) is 0 Å². The Hall–Kier alpha value is -3.92. The van der Waals surface area contributed by atoms with Crippen molar-refractivity contribution in [3.63, 3.8) is 0 Å². The molecule has 44 heavy (non-hydrogen) atoms.